The first kappa shape index (κ1) is 22.3. The Balaban J connectivity index is 1.32. The molecule has 33 heavy (non-hydrogen) atoms. The highest BCUT2D eigenvalue weighted by Crippen LogP contribution is 2.21. The van der Waals surface area contributed by atoms with E-state index in [1.54, 1.807) is 41.4 Å². The van der Waals surface area contributed by atoms with E-state index in [4.69, 9.17) is 0 Å². The number of nitrogens with zero attached hydrogens (tertiary/aromatic N) is 5. The molecule has 1 N–H and O–H groups in total. The van der Waals surface area contributed by atoms with Gasteiger partial charge in [0.1, 0.15) is 11.6 Å². The fraction of sp³-hybridized carbons (Fsp3) is 0.261. The monoisotopic (exact) mass is 452 g/mol. The number of pyridine rings is 1. The lowest BCUT2D eigenvalue weighted by Crippen LogP contribution is -2.48. The van der Waals surface area contributed by atoms with Crippen LogP contribution in [0.15, 0.2) is 55.1 Å². The number of likely N-dealkylation sites (tertiary alicyclic amines) is 1. The SMILES string of the molecule is CN(C(=O)Nc1cnc(-c2cc(F)cc(F)c2)cn1)C1CCN(C(=O)c2cccnc2)CC1. The van der Waals surface area contributed by atoms with Gasteiger partial charge in [-0.3, -0.25) is 20.1 Å². The third kappa shape index (κ3) is 5.28. The Morgan fingerprint density at radius 1 is 1.06 bits per heavy atom. The third-order valence-electron chi connectivity index (χ3n) is 5.57. The normalized spacial score (nSPS) is 14.1. The molecule has 1 saturated heterocycles. The number of halogens is 2. The smallest absolute Gasteiger partial charge is 0.323 e. The number of hydrogen-bond acceptors (Lipinski definition) is 5. The second-order valence-corrected chi connectivity index (χ2v) is 7.75. The molecule has 10 heteroatoms. The van der Waals surface area contributed by atoms with E-state index < -0.39 is 11.6 Å². The lowest BCUT2D eigenvalue weighted by Gasteiger charge is -2.36. The van der Waals surface area contributed by atoms with Crippen molar-refractivity contribution < 1.29 is 18.4 Å². The number of benzene rings is 1. The maximum Gasteiger partial charge on any atom is 0.323 e. The van der Waals surface area contributed by atoms with E-state index in [0.29, 0.717) is 31.5 Å². The van der Waals surface area contributed by atoms with Crippen molar-refractivity contribution in [2.45, 2.75) is 18.9 Å². The minimum atomic E-state index is -0.709. The number of urea groups is 1. The minimum absolute atomic E-state index is 0.0366. The average molecular weight is 452 g/mol. The summed E-state index contributed by atoms with van der Waals surface area (Å²) in [4.78, 5) is 40.8. The average Bonchev–Trinajstić information content (AvgIpc) is 2.83. The molecule has 170 valence electrons. The number of rotatable bonds is 4. The van der Waals surface area contributed by atoms with Crippen LogP contribution in [0, 0.1) is 11.6 Å². The van der Waals surface area contributed by atoms with Crippen LogP contribution in [0.3, 0.4) is 0 Å². The van der Waals surface area contributed by atoms with Gasteiger partial charge in [-0.25, -0.2) is 18.6 Å². The molecule has 1 aliphatic rings. The summed E-state index contributed by atoms with van der Waals surface area (Å²) >= 11 is 0. The second-order valence-electron chi connectivity index (χ2n) is 7.75. The number of aromatic nitrogens is 3. The maximum absolute atomic E-state index is 13.4. The van der Waals surface area contributed by atoms with Crippen LogP contribution in [-0.2, 0) is 0 Å². The highest BCUT2D eigenvalue weighted by molar-refractivity contribution is 5.94. The number of hydrogen-bond donors (Lipinski definition) is 1. The van der Waals surface area contributed by atoms with Crippen molar-refractivity contribution in [2.75, 3.05) is 25.5 Å². The van der Waals surface area contributed by atoms with Gasteiger partial charge in [0.05, 0.1) is 23.7 Å². The molecule has 0 atom stereocenters. The van der Waals surface area contributed by atoms with Crippen LogP contribution in [-0.4, -0.2) is 62.9 Å². The number of anilines is 1. The zero-order chi connectivity index (χ0) is 23.4. The van der Waals surface area contributed by atoms with Gasteiger partial charge >= 0.3 is 6.03 Å². The third-order valence-corrected chi connectivity index (χ3v) is 5.57. The Labute approximate surface area is 189 Å². The molecule has 3 heterocycles. The van der Waals surface area contributed by atoms with Gasteiger partial charge in [-0.05, 0) is 37.1 Å². The van der Waals surface area contributed by atoms with E-state index in [0.717, 1.165) is 18.2 Å². The van der Waals surface area contributed by atoms with Crippen molar-refractivity contribution in [1.29, 1.82) is 0 Å². The standard InChI is InChI=1S/C23H22F2N6O2/c1-30(19-4-7-31(8-5-19)22(32)15-3-2-6-26-12-15)23(33)29-21-14-27-20(13-28-21)16-9-17(24)11-18(25)10-16/h2-3,6,9-14,19H,4-5,7-8H2,1H3,(H,28,29,33). The highest BCUT2D eigenvalue weighted by Gasteiger charge is 2.28. The lowest BCUT2D eigenvalue weighted by molar-refractivity contribution is 0.0671. The van der Waals surface area contributed by atoms with Crippen LogP contribution < -0.4 is 5.32 Å². The zero-order valence-corrected chi connectivity index (χ0v) is 17.9. The quantitative estimate of drug-likeness (QED) is 0.653. The zero-order valence-electron chi connectivity index (χ0n) is 17.9. The Bertz CT molecular complexity index is 1120. The van der Waals surface area contributed by atoms with Gasteiger partial charge in [0.15, 0.2) is 5.82 Å². The van der Waals surface area contributed by atoms with Crippen molar-refractivity contribution >= 4 is 17.8 Å². The summed E-state index contributed by atoms with van der Waals surface area (Å²) in [6, 6.07) is 6.16. The Kier molecular flexibility index (Phi) is 6.53. The molecule has 1 aliphatic heterocycles. The summed E-state index contributed by atoms with van der Waals surface area (Å²) < 4.78 is 26.8. The van der Waals surface area contributed by atoms with Gasteiger partial charge in [0, 0.05) is 50.2 Å². The lowest BCUT2D eigenvalue weighted by atomic mass is 10.0. The molecule has 2 aromatic heterocycles. The molecule has 0 spiro atoms. The Hall–Kier alpha value is -3.95. The minimum Gasteiger partial charge on any atom is -0.338 e. The predicted octanol–water partition coefficient (Wildman–Crippen LogP) is 3.59. The fourth-order valence-electron chi connectivity index (χ4n) is 3.74. The van der Waals surface area contributed by atoms with Crippen LogP contribution >= 0.6 is 0 Å². The first-order valence-corrected chi connectivity index (χ1v) is 10.4. The summed E-state index contributed by atoms with van der Waals surface area (Å²) in [6.45, 7) is 1.07. The summed E-state index contributed by atoms with van der Waals surface area (Å²) in [5.41, 5.74) is 1.08. The molecule has 1 aromatic carbocycles. The van der Waals surface area contributed by atoms with Gasteiger partial charge in [-0.2, -0.15) is 0 Å². The van der Waals surface area contributed by atoms with E-state index in [9.17, 15) is 18.4 Å². The Morgan fingerprint density at radius 3 is 2.39 bits per heavy atom. The van der Waals surface area contributed by atoms with Crippen molar-refractivity contribution in [2.24, 2.45) is 0 Å². The van der Waals surface area contributed by atoms with Gasteiger partial charge < -0.3 is 9.80 Å². The molecule has 0 radical (unpaired) electrons. The van der Waals surface area contributed by atoms with E-state index in [2.05, 4.69) is 20.3 Å². The predicted molar refractivity (Wildman–Crippen MR) is 117 cm³/mol. The van der Waals surface area contributed by atoms with E-state index in [1.807, 2.05) is 0 Å². The van der Waals surface area contributed by atoms with Crippen molar-refractivity contribution in [3.8, 4) is 11.3 Å². The van der Waals surface area contributed by atoms with Crippen molar-refractivity contribution in [3.05, 3.63) is 72.3 Å². The molecular formula is C23H22F2N6O2. The number of carbonyl (C=O) groups excluding carboxylic acids is 2. The number of amides is 3. The van der Waals surface area contributed by atoms with Crippen LogP contribution in [0.5, 0.6) is 0 Å². The maximum atomic E-state index is 13.4. The topological polar surface area (TPSA) is 91.3 Å². The number of nitrogens with one attached hydrogen (secondary N) is 1. The molecule has 4 rings (SSSR count). The van der Waals surface area contributed by atoms with Gasteiger partial charge in [-0.15, -0.1) is 0 Å². The summed E-state index contributed by atoms with van der Waals surface area (Å²) in [7, 11) is 1.69. The molecule has 0 aliphatic carbocycles. The number of piperidine rings is 1. The molecule has 1 fully saturated rings. The van der Waals surface area contributed by atoms with Crippen molar-refractivity contribution in [3.63, 3.8) is 0 Å². The molecule has 3 aromatic rings. The molecule has 0 bridgehead atoms. The van der Waals surface area contributed by atoms with E-state index >= 15 is 0 Å². The van der Waals surface area contributed by atoms with Crippen LogP contribution in [0.2, 0.25) is 0 Å². The van der Waals surface area contributed by atoms with Crippen molar-refractivity contribution in [1.82, 2.24) is 24.8 Å². The molecular weight excluding hydrogens is 430 g/mol. The highest BCUT2D eigenvalue weighted by atomic mass is 19.1. The first-order chi connectivity index (χ1) is 15.9. The second kappa shape index (κ2) is 9.68. The van der Waals surface area contributed by atoms with E-state index in [-0.39, 0.29) is 35.1 Å². The summed E-state index contributed by atoms with van der Waals surface area (Å²) in [5.74, 6) is -1.27. The molecule has 0 unspecified atom stereocenters. The first-order valence-electron chi connectivity index (χ1n) is 10.4. The largest absolute Gasteiger partial charge is 0.338 e. The molecule has 8 nitrogen and oxygen atoms in total. The van der Waals surface area contributed by atoms with Crippen LogP contribution in [0.4, 0.5) is 19.4 Å². The van der Waals surface area contributed by atoms with Gasteiger partial charge in [-0.1, -0.05) is 0 Å². The van der Waals surface area contributed by atoms with Gasteiger partial charge in [0.25, 0.3) is 5.91 Å². The van der Waals surface area contributed by atoms with E-state index in [1.165, 1.54) is 12.4 Å². The fourth-order valence-corrected chi connectivity index (χ4v) is 3.74. The Morgan fingerprint density at radius 2 is 1.79 bits per heavy atom. The number of carbonyl (C=O) groups is 2. The van der Waals surface area contributed by atoms with Gasteiger partial charge in [0.2, 0.25) is 0 Å². The van der Waals surface area contributed by atoms with Crippen LogP contribution in [0.25, 0.3) is 11.3 Å². The van der Waals surface area contributed by atoms with Crippen LogP contribution in [0.1, 0.15) is 23.2 Å². The molecule has 0 saturated carbocycles. The summed E-state index contributed by atoms with van der Waals surface area (Å²) in [5, 5.41) is 2.68. The summed E-state index contributed by atoms with van der Waals surface area (Å²) in [6.07, 6.45) is 7.13. The molecule has 3 amide bonds.